The van der Waals surface area contributed by atoms with E-state index in [1.807, 2.05) is 0 Å². The summed E-state index contributed by atoms with van der Waals surface area (Å²) >= 11 is 1.17. The van der Waals surface area contributed by atoms with Gasteiger partial charge in [0, 0.05) is 24.6 Å². The van der Waals surface area contributed by atoms with Gasteiger partial charge in [-0.3, -0.25) is 9.59 Å². The number of aromatic nitrogens is 2. The van der Waals surface area contributed by atoms with Gasteiger partial charge in [0.1, 0.15) is 10.8 Å². The quantitative estimate of drug-likeness (QED) is 0.737. The number of carbonyl (C=O) groups excluding carboxylic acids is 2. The summed E-state index contributed by atoms with van der Waals surface area (Å²) in [7, 11) is 0. The van der Waals surface area contributed by atoms with Crippen LogP contribution in [-0.2, 0) is 11.2 Å². The summed E-state index contributed by atoms with van der Waals surface area (Å²) in [5, 5.41) is 14.5. The first-order valence-corrected chi connectivity index (χ1v) is 10.1. The van der Waals surface area contributed by atoms with E-state index in [9.17, 15) is 14.0 Å². The second kappa shape index (κ2) is 9.55. The number of aryl methyl sites for hydroxylation is 1. The molecule has 144 valence electrons. The Hall–Kier alpha value is -2.35. The number of halogens is 1. The van der Waals surface area contributed by atoms with E-state index in [0.717, 1.165) is 12.8 Å². The van der Waals surface area contributed by atoms with Crippen molar-refractivity contribution >= 4 is 28.8 Å². The third-order valence-electron chi connectivity index (χ3n) is 4.55. The minimum Gasteiger partial charge on any atom is -0.353 e. The molecule has 6 nitrogen and oxygen atoms in total. The Bertz CT molecular complexity index is 770. The van der Waals surface area contributed by atoms with Crippen molar-refractivity contribution in [3.05, 3.63) is 40.1 Å². The molecule has 0 radical (unpaired) electrons. The van der Waals surface area contributed by atoms with Crippen LogP contribution in [-0.4, -0.2) is 28.1 Å². The molecule has 27 heavy (non-hydrogen) atoms. The average Bonchev–Trinajstić information content (AvgIpc) is 2.99. The summed E-state index contributed by atoms with van der Waals surface area (Å²) in [6.07, 6.45) is 7.75. The second-order valence-corrected chi connectivity index (χ2v) is 7.78. The van der Waals surface area contributed by atoms with Gasteiger partial charge in [-0.15, -0.1) is 10.2 Å². The van der Waals surface area contributed by atoms with E-state index in [2.05, 4.69) is 20.8 Å². The molecule has 8 heteroatoms. The van der Waals surface area contributed by atoms with Crippen molar-refractivity contribution < 1.29 is 14.0 Å². The maximum Gasteiger partial charge on any atom is 0.286 e. The Morgan fingerprint density at radius 2 is 1.78 bits per heavy atom. The first-order chi connectivity index (χ1) is 13.1. The average molecular weight is 390 g/mol. The molecule has 1 aromatic carbocycles. The van der Waals surface area contributed by atoms with E-state index in [1.54, 1.807) is 0 Å². The molecule has 0 atom stereocenters. The van der Waals surface area contributed by atoms with Gasteiger partial charge in [-0.25, -0.2) is 4.39 Å². The lowest BCUT2D eigenvalue weighted by Crippen LogP contribution is -2.34. The molecule has 1 saturated carbocycles. The number of rotatable bonds is 6. The van der Waals surface area contributed by atoms with Crippen LogP contribution in [0.2, 0.25) is 0 Å². The highest BCUT2D eigenvalue weighted by Gasteiger charge is 2.17. The summed E-state index contributed by atoms with van der Waals surface area (Å²) in [6.45, 7) is 0. The van der Waals surface area contributed by atoms with Crippen molar-refractivity contribution in [3.63, 3.8) is 0 Å². The lowest BCUT2D eigenvalue weighted by Gasteiger charge is -2.15. The monoisotopic (exact) mass is 390 g/mol. The Morgan fingerprint density at radius 1 is 1.07 bits per heavy atom. The van der Waals surface area contributed by atoms with Crippen molar-refractivity contribution in [1.82, 2.24) is 15.5 Å². The molecular weight excluding hydrogens is 367 g/mol. The molecule has 1 heterocycles. The lowest BCUT2D eigenvalue weighted by molar-refractivity contribution is -0.121. The molecule has 0 spiro atoms. The smallest absolute Gasteiger partial charge is 0.286 e. The third kappa shape index (κ3) is 6.09. The topological polar surface area (TPSA) is 84.0 Å². The largest absolute Gasteiger partial charge is 0.353 e. The zero-order valence-corrected chi connectivity index (χ0v) is 15.9. The van der Waals surface area contributed by atoms with Crippen molar-refractivity contribution in [1.29, 1.82) is 0 Å². The van der Waals surface area contributed by atoms with E-state index < -0.39 is 5.91 Å². The Labute approximate surface area is 161 Å². The van der Waals surface area contributed by atoms with Crippen LogP contribution in [0.4, 0.5) is 10.1 Å². The molecule has 1 aromatic heterocycles. The van der Waals surface area contributed by atoms with Crippen LogP contribution in [0.3, 0.4) is 0 Å². The van der Waals surface area contributed by atoms with Crippen LogP contribution in [0.5, 0.6) is 0 Å². The van der Waals surface area contributed by atoms with Crippen LogP contribution >= 0.6 is 11.3 Å². The van der Waals surface area contributed by atoms with Gasteiger partial charge >= 0.3 is 0 Å². The molecule has 0 aliphatic heterocycles. The van der Waals surface area contributed by atoms with Crippen LogP contribution in [0, 0.1) is 5.82 Å². The Balaban J connectivity index is 1.46. The number of benzene rings is 1. The van der Waals surface area contributed by atoms with Crippen LogP contribution in [0.1, 0.15) is 59.8 Å². The Kier molecular flexibility index (Phi) is 6.86. The predicted molar refractivity (Wildman–Crippen MR) is 102 cm³/mol. The first-order valence-electron chi connectivity index (χ1n) is 9.29. The fourth-order valence-electron chi connectivity index (χ4n) is 3.11. The van der Waals surface area contributed by atoms with E-state index >= 15 is 0 Å². The van der Waals surface area contributed by atoms with Gasteiger partial charge in [0.05, 0.1) is 0 Å². The molecule has 2 N–H and O–H groups in total. The number of carbonyl (C=O) groups is 2. The molecule has 1 fully saturated rings. The zero-order valence-electron chi connectivity index (χ0n) is 15.0. The highest BCUT2D eigenvalue weighted by molar-refractivity contribution is 7.13. The molecule has 0 bridgehead atoms. The lowest BCUT2D eigenvalue weighted by atomic mass is 10.1. The van der Waals surface area contributed by atoms with Crippen molar-refractivity contribution in [2.24, 2.45) is 0 Å². The van der Waals surface area contributed by atoms with Gasteiger partial charge in [-0.2, -0.15) is 0 Å². The molecule has 1 aliphatic carbocycles. The molecule has 3 rings (SSSR count). The standard InChI is InChI=1S/C19H23FN4O2S/c20-13-7-9-15(10-8-13)22-18(26)19-24-23-17(27-19)12-11-16(25)21-14-5-3-1-2-4-6-14/h7-10,14H,1-6,11-12H2,(H,21,25)(H,22,26). The number of hydrogen-bond acceptors (Lipinski definition) is 5. The van der Waals surface area contributed by atoms with Gasteiger partial charge in [0.2, 0.25) is 10.9 Å². The van der Waals surface area contributed by atoms with Crippen molar-refractivity contribution in [2.45, 2.75) is 57.4 Å². The predicted octanol–water partition coefficient (Wildman–Crippen LogP) is 3.70. The minimum absolute atomic E-state index is 0.0226. The van der Waals surface area contributed by atoms with E-state index in [-0.39, 0.29) is 22.8 Å². The fourth-order valence-corrected chi connectivity index (χ4v) is 3.84. The molecule has 0 saturated heterocycles. The molecular formula is C19H23FN4O2S. The Morgan fingerprint density at radius 3 is 2.48 bits per heavy atom. The maximum atomic E-state index is 12.9. The molecule has 0 unspecified atom stereocenters. The summed E-state index contributed by atoms with van der Waals surface area (Å²) in [5.74, 6) is -0.740. The molecule has 2 aromatic rings. The van der Waals surface area contributed by atoms with Gasteiger partial charge in [-0.1, -0.05) is 37.0 Å². The second-order valence-electron chi connectivity index (χ2n) is 6.72. The van der Waals surface area contributed by atoms with E-state index in [4.69, 9.17) is 0 Å². The highest BCUT2D eigenvalue weighted by atomic mass is 32.1. The summed E-state index contributed by atoms with van der Waals surface area (Å²) in [6, 6.07) is 5.79. The number of amides is 2. The summed E-state index contributed by atoms with van der Waals surface area (Å²) < 4.78 is 12.9. The number of nitrogens with zero attached hydrogens (tertiary/aromatic N) is 2. The summed E-state index contributed by atoms with van der Waals surface area (Å²) in [5.41, 5.74) is 0.487. The zero-order chi connectivity index (χ0) is 19.1. The summed E-state index contributed by atoms with van der Waals surface area (Å²) in [4.78, 5) is 24.3. The van der Waals surface area contributed by atoms with Gasteiger partial charge in [0.25, 0.3) is 5.91 Å². The highest BCUT2D eigenvalue weighted by Crippen LogP contribution is 2.18. The number of nitrogens with one attached hydrogen (secondary N) is 2. The SMILES string of the molecule is O=C(CCc1nnc(C(=O)Nc2ccc(F)cc2)s1)NC1CCCCCC1. The van der Waals surface area contributed by atoms with Crippen LogP contribution in [0.15, 0.2) is 24.3 Å². The van der Waals surface area contributed by atoms with E-state index in [1.165, 1.54) is 61.3 Å². The first kappa shape index (κ1) is 19.4. The van der Waals surface area contributed by atoms with Crippen LogP contribution < -0.4 is 10.6 Å². The van der Waals surface area contributed by atoms with Crippen molar-refractivity contribution in [2.75, 3.05) is 5.32 Å². The minimum atomic E-state index is -0.395. The number of hydrogen-bond donors (Lipinski definition) is 2. The molecule has 1 aliphatic rings. The van der Waals surface area contributed by atoms with E-state index in [0.29, 0.717) is 23.5 Å². The van der Waals surface area contributed by atoms with Crippen molar-refractivity contribution in [3.8, 4) is 0 Å². The fraction of sp³-hybridized carbons (Fsp3) is 0.474. The van der Waals surface area contributed by atoms with Crippen LogP contribution in [0.25, 0.3) is 0 Å². The number of anilines is 1. The maximum absolute atomic E-state index is 12.9. The third-order valence-corrected chi connectivity index (χ3v) is 5.53. The van der Waals surface area contributed by atoms with Gasteiger partial charge in [0.15, 0.2) is 0 Å². The normalized spacial score (nSPS) is 15.1. The molecule has 2 amide bonds. The van der Waals surface area contributed by atoms with Gasteiger partial charge in [-0.05, 0) is 37.1 Å². The van der Waals surface area contributed by atoms with Gasteiger partial charge < -0.3 is 10.6 Å².